The van der Waals surface area contributed by atoms with Crippen LogP contribution in [0.4, 0.5) is 11.8 Å². The maximum Gasteiger partial charge on any atom is 0.227 e. The van der Waals surface area contributed by atoms with E-state index < -0.39 is 10.8 Å². The normalized spacial score (nSPS) is 22.7. The predicted molar refractivity (Wildman–Crippen MR) is 158 cm³/mol. The van der Waals surface area contributed by atoms with Gasteiger partial charge in [0, 0.05) is 69.8 Å². The maximum atomic E-state index is 12.7. The van der Waals surface area contributed by atoms with E-state index in [0.717, 1.165) is 113 Å². The Morgan fingerprint density at radius 1 is 1.20 bits per heavy atom. The first-order valence-electron chi connectivity index (χ1n) is 15.2. The van der Waals surface area contributed by atoms with Crippen molar-refractivity contribution in [1.29, 1.82) is 0 Å². The molecule has 2 saturated heterocycles. The molecule has 4 heterocycles. The molecule has 2 atom stereocenters. The number of allylic oxidation sites excluding steroid dienone is 2. The van der Waals surface area contributed by atoms with Crippen molar-refractivity contribution in [1.82, 2.24) is 15.3 Å². The molecule has 5 rings (SSSR count). The van der Waals surface area contributed by atoms with Crippen molar-refractivity contribution in [2.45, 2.75) is 88.2 Å². The van der Waals surface area contributed by atoms with Gasteiger partial charge in [0.2, 0.25) is 11.9 Å². The number of anilines is 2. The van der Waals surface area contributed by atoms with Gasteiger partial charge < -0.3 is 25.0 Å². The van der Waals surface area contributed by atoms with Gasteiger partial charge in [-0.15, -0.1) is 0 Å². The van der Waals surface area contributed by atoms with Gasteiger partial charge in [0.1, 0.15) is 16.8 Å². The standard InChI is InChI=1S/C30H45N5O4S/c1-3-21(2)22(8-14-31-29(36)23-6-7-23)5-4-17-39-25-9-15-35(16-10-25)30-33-26-13-20-40(37)27(26)28(34-30)32-24-11-18-38-19-12-24/h4,17,22-25H,2-3,5-16,18-20H2,1H3,(H,31,36)(H,32,33,34)/b17-4+. The number of piperidine rings is 1. The molecule has 4 aliphatic rings. The summed E-state index contributed by atoms with van der Waals surface area (Å²) in [7, 11) is -1.04. The van der Waals surface area contributed by atoms with Crippen LogP contribution in [-0.4, -0.2) is 70.8 Å². The topological polar surface area (TPSA) is 106 Å². The number of carbonyl (C=O) groups excluding carboxylic acids is 1. The molecule has 0 aromatic carbocycles. The van der Waals surface area contributed by atoms with Crippen LogP contribution in [0.1, 0.15) is 70.4 Å². The largest absolute Gasteiger partial charge is 0.498 e. The van der Waals surface area contributed by atoms with E-state index in [1.54, 1.807) is 0 Å². The Morgan fingerprint density at radius 3 is 2.70 bits per heavy atom. The van der Waals surface area contributed by atoms with Crippen LogP contribution in [-0.2, 0) is 31.5 Å². The lowest BCUT2D eigenvalue weighted by Crippen LogP contribution is -2.38. The van der Waals surface area contributed by atoms with Crippen molar-refractivity contribution in [3.63, 3.8) is 0 Å². The highest BCUT2D eigenvalue weighted by molar-refractivity contribution is 7.85. The molecule has 40 heavy (non-hydrogen) atoms. The number of fused-ring (bicyclic) bond motifs is 1. The predicted octanol–water partition coefficient (Wildman–Crippen LogP) is 4.12. The molecule has 1 aromatic heterocycles. The van der Waals surface area contributed by atoms with E-state index >= 15 is 0 Å². The van der Waals surface area contributed by atoms with E-state index in [9.17, 15) is 9.00 Å². The third-order valence-electron chi connectivity index (χ3n) is 8.52. The minimum atomic E-state index is -1.04. The van der Waals surface area contributed by atoms with Gasteiger partial charge in [0.05, 0.1) is 22.8 Å². The summed E-state index contributed by atoms with van der Waals surface area (Å²) in [4.78, 5) is 24.7. The third-order valence-corrected chi connectivity index (χ3v) is 9.98. The molecule has 0 spiro atoms. The lowest BCUT2D eigenvalue weighted by atomic mass is 9.91. The first kappa shape index (κ1) is 29.0. The molecule has 2 unspecified atom stereocenters. The summed E-state index contributed by atoms with van der Waals surface area (Å²) >= 11 is 0. The molecule has 10 heteroatoms. The fourth-order valence-corrected chi connectivity index (χ4v) is 6.99. The molecule has 9 nitrogen and oxygen atoms in total. The van der Waals surface area contributed by atoms with Gasteiger partial charge in [-0.1, -0.05) is 19.1 Å². The van der Waals surface area contributed by atoms with Gasteiger partial charge in [0.25, 0.3) is 0 Å². The van der Waals surface area contributed by atoms with Crippen LogP contribution in [0.15, 0.2) is 29.4 Å². The van der Waals surface area contributed by atoms with E-state index in [0.29, 0.717) is 24.3 Å². The van der Waals surface area contributed by atoms with Crippen LogP contribution in [0.3, 0.4) is 0 Å². The zero-order valence-corrected chi connectivity index (χ0v) is 24.7. The number of aromatic nitrogens is 2. The quantitative estimate of drug-likeness (QED) is 0.269. The number of carbonyl (C=O) groups is 1. The van der Waals surface area contributed by atoms with Crippen LogP contribution in [0.5, 0.6) is 0 Å². The Morgan fingerprint density at radius 2 is 1.98 bits per heavy atom. The lowest BCUT2D eigenvalue weighted by Gasteiger charge is -2.32. The molecule has 1 aromatic rings. The first-order chi connectivity index (χ1) is 19.5. The molecule has 3 fully saturated rings. The second-order valence-electron chi connectivity index (χ2n) is 11.5. The van der Waals surface area contributed by atoms with Gasteiger partial charge in [-0.25, -0.2) is 4.98 Å². The third kappa shape index (κ3) is 7.63. The molecule has 3 aliphatic heterocycles. The van der Waals surface area contributed by atoms with Crippen LogP contribution in [0, 0.1) is 11.8 Å². The van der Waals surface area contributed by atoms with E-state index in [-0.39, 0.29) is 17.9 Å². The van der Waals surface area contributed by atoms with Crippen molar-refractivity contribution in [3.05, 3.63) is 30.2 Å². The number of rotatable bonds is 13. The highest BCUT2D eigenvalue weighted by atomic mass is 32.2. The summed E-state index contributed by atoms with van der Waals surface area (Å²) in [6.07, 6.45) is 13.3. The number of nitrogens with zero attached hydrogens (tertiary/aromatic N) is 3. The van der Waals surface area contributed by atoms with Crippen LogP contribution in [0.25, 0.3) is 0 Å². The van der Waals surface area contributed by atoms with Gasteiger partial charge in [-0.3, -0.25) is 9.00 Å². The Labute approximate surface area is 241 Å². The van der Waals surface area contributed by atoms with Gasteiger partial charge >= 0.3 is 0 Å². The summed E-state index contributed by atoms with van der Waals surface area (Å²) in [6.45, 7) is 10.2. The number of ether oxygens (including phenoxy) is 2. The zero-order chi connectivity index (χ0) is 27.9. The van der Waals surface area contributed by atoms with Crippen molar-refractivity contribution in [3.8, 4) is 0 Å². The SMILES string of the molecule is C=C(CC)C(C/C=C/OC1CCN(c2nc3c(c(NC4CCOCC4)n2)S(=O)CC3)CC1)CCNC(=O)C1CC1. The second-order valence-corrected chi connectivity index (χ2v) is 13.0. The monoisotopic (exact) mass is 571 g/mol. The molecule has 0 bridgehead atoms. The average molecular weight is 572 g/mol. The van der Waals surface area contributed by atoms with Crippen LogP contribution < -0.4 is 15.5 Å². The summed E-state index contributed by atoms with van der Waals surface area (Å²) in [5.74, 6) is 2.91. The molecule has 0 radical (unpaired) electrons. The molecule has 1 amide bonds. The number of nitrogens with one attached hydrogen (secondary N) is 2. The second kappa shape index (κ2) is 13.9. The van der Waals surface area contributed by atoms with Crippen molar-refractivity contribution in [2.75, 3.05) is 48.8 Å². The highest BCUT2D eigenvalue weighted by Crippen LogP contribution is 2.32. The maximum absolute atomic E-state index is 12.7. The fraction of sp³-hybridized carbons (Fsp3) is 0.700. The molecule has 2 N–H and O–H groups in total. The average Bonchev–Trinajstić information content (AvgIpc) is 3.77. The molecule has 220 valence electrons. The van der Waals surface area contributed by atoms with E-state index in [1.165, 1.54) is 5.57 Å². The number of amides is 1. The van der Waals surface area contributed by atoms with Crippen LogP contribution in [0.2, 0.25) is 0 Å². The zero-order valence-electron chi connectivity index (χ0n) is 23.9. The number of aryl methyl sites for hydroxylation is 1. The Hall–Kier alpha value is -2.46. The van der Waals surface area contributed by atoms with E-state index in [1.807, 2.05) is 6.26 Å². The van der Waals surface area contributed by atoms with Crippen LogP contribution >= 0.6 is 0 Å². The highest BCUT2D eigenvalue weighted by Gasteiger charge is 2.31. The number of hydrogen-bond donors (Lipinski definition) is 2. The minimum absolute atomic E-state index is 0.167. The molecular weight excluding hydrogens is 526 g/mol. The van der Waals surface area contributed by atoms with Gasteiger partial charge in [-0.05, 0) is 56.9 Å². The van der Waals surface area contributed by atoms with Gasteiger partial charge in [0.15, 0.2) is 0 Å². The lowest BCUT2D eigenvalue weighted by molar-refractivity contribution is -0.122. The number of hydrogen-bond acceptors (Lipinski definition) is 8. The Balaban J connectivity index is 1.10. The summed E-state index contributed by atoms with van der Waals surface area (Å²) in [5, 5.41) is 6.65. The minimum Gasteiger partial charge on any atom is -0.498 e. The van der Waals surface area contributed by atoms with Crippen molar-refractivity contribution < 1.29 is 18.5 Å². The Bertz CT molecular complexity index is 1090. The Kier molecular flexibility index (Phi) is 10.1. The smallest absolute Gasteiger partial charge is 0.227 e. The van der Waals surface area contributed by atoms with Crippen molar-refractivity contribution in [2.24, 2.45) is 11.8 Å². The molecule has 1 saturated carbocycles. The van der Waals surface area contributed by atoms with E-state index in [4.69, 9.17) is 19.4 Å². The summed E-state index contributed by atoms with van der Waals surface area (Å²) < 4.78 is 24.3. The van der Waals surface area contributed by atoms with E-state index in [2.05, 4.69) is 35.1 Å². The summed E-state index contributed by atoms with van der Waals surface area (Å²) in [5.41, 5.74) is 2.15. The van der Waals surface area contributed by atoms with Crippen molar-refractivity contribution >= 4 is 28.5 Å². The fourth-order valence-electron chi connectivity index (χ4n) is 5.67. The molecular formula is C30H45N5O4S. The first-order valence-corrected chi connectivity index (χ1v) is 16.5. The molecule has 1 aliphatic carbocycles. The summed E-state index contributed by atoms with van der Waals surface area (Å²) in [6, 6.07) is 0.291. The van der Waals surface area contributed by atoms with Gasteiger partial charge in [-0.2, -0.15) is 4.98 Å².